The summed E-state index contributed by atoms with van der Waals surface area (Å²) in [6, 6.07) is 0. The van der Waals surface area contributed by atoms with E-state index in [-0.39, 0.29) is 57.3 Å². The largest absolute Gasteiger partial charge is 2.00 e. The minimum Gasteiger partial charge on any atom is -0.790 e. The average Bonchev–Trinajstić information content (AvgIpc) is 3.13. The molecule has 174 valence electrons. The van der Waals surface area contributed by atoms with Gasteiger partial charge in [0.25, 0.3) is 21.2 Å². The topological polar surface area (TPSA) is 284 Å². The van der Waals surface area contributed by atoms with E-state index in [9.17, 15) is 48.3 Å². The predicted octanol–water partition coefficient (Wildman–Crippen LogP) is -5.21. The molecular weight excluding hydrogens is 542 g/mol. The van der Waals surface area contributed by atoms with Crippen LogP contribution in [0.25, 0.3) is 11.2 Å². The van der Waals surface area contributed by atoms with Crippen LogP contribution in [0.4, 0.5) is 0 Å². The van der Waals surface area contributed by atoms with Crippen molar-refractivity contribution < 1.29 is 61.4 Å². The molecule has 2 unspecified atom stereocenters. The number of imidazole rings is 1. The molecule has 6 atom stereocenters. The van der Waals surface area contributed by atoms with E-state index in [0.29, 0.717) is 0 Å². The van der Waals surface area contributed by atoms with Crippen molar-refractivity contribution in [2.75, 3.05) is 6.61 Å². The molecule has 0 saturated carbocycles. The first kappa shape index (κ1) is 31.2. The fourth-order valence-corrected chi connectivity index (χ4v) is 5.46. The van der Waals surface area contributed by atoms with Gasteiger partial charge in [0.15, 0.2) is 17.4 Å². The number of rotatable bonds is 8. The summed E-state index contributed by atoms with van der Waals surface area (Å²) < 4.78 is 50.0. The van der Waals surface area contributed by atoms with Crippen molar-refractivity contribution in [3.05, 3.63) is 23.0 Å². The molecule has 3 rings (SSSR count). The number of hydrogen-bond donors (Lipinski definition) is 3. The van der Waals surface area contributed by atoms with Gasteiger partial charge in [-0.25, -0.2) is 14.3 Å². The van der Waals surface area contributed by atoms with Crippen molar-refractivity contribution in [1.82, 2.24) is 19.5 Å². The Labute approximate surface area is 215 Å². The van der Waals surface area contributed by atoms with Crippen LogP contribution in [0.2, 0.25) is 0 Å². The van der Waals surface area contributed by atoms with Crippen LogP contribution < -0.4 is 25.1 Å². The maximum Gasteiger partial charge on any atom is 2.00 e. The molecular formula is C10H11Mg2N4O14P3. The molecule has 1 aliphatic rings. The maximum absolute atomic E-state index is 11.7. The molecule has 1 fully saturated rings. The smallest absolute Gasteiger partial charge is 0.790 e. The Morgan fingerprint density at radius 1 is 1.06 bits per heavy atom. The summed E-state index contributed by atoms with van der Waals surface area (Å²) in [6.45, 7) is -1.11. The van der Waals surface area contributed by atoms with Gasteiger partial charge in [-0.05, 0) is 0 Å². The second-order valence-corrected chi connectivity index (χ2v) is 10.2. The van der Waals surface area contributed by atoms with Gasteiger partial charge < -0.3 is 48.6 Å². The third-order valence-electron chi connectivity index (χ3n) is 3.77. The Morgan fingerprint density at radius 3 is 2.30 bits per heavy atom. The van der Waals surface area contributed by atoms with Gasteiger partial charge in [0.05, 0.1) is 27.1 Å². The summed E-state index contributed by atoms with van der Waals surface area (Å²) in [5.74, 6) is 0. The monoisotopic (exact) mass is 552 g/mol. The molecule has 0 aliphatic carbocycles. The molecule has 0 radical (unpaired) electrons. The van der Waals surface area contributed by atoms with E-state index >= 15 is 0 Å². The van der Waals surface area contributed by atoms with E-state index in [0.717, 1.165) is 17.2 Å². The number of aromatic amines is 1. The van der Waals surface area contributed by atoms with Crippen molar-refractivity contribution in [2.24, 2.45) is 0 Å². The molecule has 3 N–H and O–H groups in total. The van der Waals surface area contributed by atoms with E-state index in [4.69, 9.17) is 4.74 Å². The van der Waals surface area contributed by atoms with Crippen LogP contribution in [0, 0.1) is 0 Å². The van der Waals surface area contributed by atoms with Crippen LogP contribution >= 0.6 is 23.5 Å². The zero-order valence-corrected chi connectivity index (χ0v) is 21.6. The van der Waals surface area contributed by atoms with Crippen LogP contribution in [-0.2, 0) is 31.6 Å². The molecule has 0 amide bonds. The molecule has 23 heteroatoms. The Bertz CT molecular complexity index is 1170. The number of fused-ring (bicyclic) bond motifs is 1. The minimum atomic E-state index is -6.15. The number of H-pyrrole nitrogens is 1. The fourth-order valence-electron chi connectivity index (χ4n) is 2.59. The molecule has 33 heavy (non-hydrogen) atoms. The standard InChI is InChI=1S/C10H15N4O14P3.2Mg/c15-6-4(1-25-30(21,22)28-31(23,24)27-29(18,19)20)26-10(7(6)16)14-3-13-5-8(14)11-2-12-9(5)17;;/h2-4,6-7,10,15-16H,1H2,(H,21,22)(H,23,24)(H,11,12,17)(H2,18,19,20);;/q;2*+2/p-4/t4-,6-,7-,10-;;/m1../s1. The zero-order valence-electron chi connectivity index (χ0n) is 16.1. The molecule has 1 aliphatic heterocycles. The van der Waals surface area contributed by atoms with Gasteiger partial charge in [-0.2, -0.15) is 0 Å². The number of aliphatic hydroxyl groups excluding tert-OH is 2. The van der Waals surface area contributed by atoms with Crippen LogP contribution in [0.15, 0.2) is 17.4 Å². The maximum atomic E-state index is 11.7. The van der Waals surface area contributed by atoms with E-state index in [2.05, 4.69) is 28.1 Å². The third kappa shape index (κ3) is 7.83. The Balaban J connectivity index is 0.00000272. The van der Waals surface area contributed by atoms with Crippen LogP contribution in [0.1, 0.15) is 6.23 Å². The first-order valence-corrected chi connectivity index (χ1v) is 12.2. The average molecular weight is 553 g/mol. The van der Waals surface area contributed by atoms with Crippen molar-refractivity contribution in [3.8, 4) is 0 Å². The first-order valence-electron chi connectivity index (χ1n) is 7.82. The van der Waals surface area contributed by atoms with E-state index in [1.807, 2.05) is 0 Å². The van der Waals surface area contributed by atoms with Crippen LogP contribution in [-0.4, -0.2) is 101 Å². The van der Waals surface area contributed by atoms with Gasteiger partial charge >= 0.3 is 46.1 Å². The summed E-state index contributed by atoms with van der Waals surface area (Å²) in [4.78, 5) is 64.9. The number of ether oxygens (including phenoxy) is 1. The summed E-state index contributed by atoms with van der Waals surface area (Å²) in [6.07, 6.45) is -4.35. The van der Waals surface area contributed by atoms with Crippen molar-refractivity contribution in [1.29, 1.82) is 0 Å². The van der Waals surface area contributed by atoms with Gasteiger partial charge in [0, 0.05) is 0 Å². The first-order chi connectivity index (χ1) is 14.2. The number of nitrogens with one attached hydrogen (secondary N) is 1. The van der Waals surface area contributed by atoms with Gasteiger partial charge in [-0.15, -0.1) is 0 Å². The van der Waals surface area contributed by atoms with Crippen molar-refractivity contribution in [2.45, 2.75) is 24.5 Å². The number of phosphoric ester groups is 1. The molecule has 18 nitrogen and oxygen atoms in total. The van der Waals surface area contributed by atoms with Crippen molar-refractivity contribution >= 4 is 80.7 Å². The molecule has 0 bridgehead atoms. The second kappa shape index (κ2) is 11.5. The number of nitrogens with zero attached hydrogens (tertiary/aromatic N) is 3. The summed E-state index contributed by atoms with van der Waals surface area (Å²) in [5, 5.41) is 20.3. The Kier molecular flexibility index (Phi) is 10.9. The Morgan fingerprint density at radius 2 is 1.70 bits per heavy atom. The molecule has 3 heterocycles. The molecule has 0 aromatic carbocycles. The van der Waals surface area contributed by atoms with E-state index in [1.165, 1.54) is 0 Å². The normalized spacial score (nSPS) is 26.7. The van der Waals surface area contributed by atoms with Crippen molar-refractivity contribution in [3.63, 3.8) is 0 Å². The van der Waals surface area contributed by atoms with E-state index < -0.39 is 60.2 Å². The number of aromatic nitrogens is 4. The minimum absolute atomic E-state index is 0. The van der Waals surface area contributed by atoms with Crippen LogP contribution in [0.3, 0.4) is 0 Å². The van der Waals surface area contributed by atoms with Gasteiger partial charge in [0.1, 0.15) is 18.3 Å². The quantitative estimate of drug-likeness (QED) is 0.203. The van der Waals surface area contributed by atoms with Gasteiger partial charge in [0.2, 0.25) is 0 Å². The number of hydrogen-bond acceptors (Lipinski definition) is 16. The number of phosphoric acid groups is 3. The third-order valence-corrected chi connectivity index (χ3v) is 7.44. The molecule has 0 spiro atoms. The summed E-state index contributed by atoms with van der Waals surface area (Å²) in [7, 11) is -18.1. The Hall–Kier alpha value is 0.172. The molecule has 2 aromatic heterocycles. The van der Waals surface area contributed by atoms with Gasteiger partial charge in [-0.1, -0.05) is 0 Å². The predicted molar refractivity (Wildman–Crippen MR) is 96.5 cm³/mol. The van der Waals surface area contributed by atoms with E-state index in [1.54, 1.807) is 0 Å². The number of aliphatic hydroxyl groups is 2. The zero-order chi connectivity index (χ0) is 23.2. The second-order valence-electron chi connectivity index (χ2n) is 5.90. The molecule has 1 saturated heterocycles. The fraction of sp³-hybridized carbons (Fsp3) is 0.500. The summed E-state index contributed by atoms with van der Waals surface area (Å²) >= 11 is 0. The van der Waals surface area contributed by atoms with Crippen LogP contribution in [0.5, 0.6) is 0 Å². The molecule has 2 aromatic rings. The SMILES string of the molecule is O=c1[nH]cnc2c1ncn2[C@@H]1O[C@H](COP(=O)([O-])OP(=O)([O-])OP(=O)([O-])[O-])[C@@H](O)[C@H]1O.[Mg+2].[Mg+2]. The van der Waals surface area contributed by atoms with Gasteiger partial charge in [-0.3, -0.25) is 22.8 Å². The summed E-state index contributed by atoms with van der Waals surface area (Å²) in [5.41, 5.74) is -0.764.